The van der Waals surface area contributed by atoms with Crippen molar-refractivity contribution in [1.82, 2.24) is 15.1 Å². The summed E-state index contributed by atoms with van der Waals surface area (Å²) < 4.78 is 0. The van der Waals surface area contributed by atoms with Gasteiger partial charge >= 0.3 is 5.97 Å². The number of ketones is 1. The number of carbonyl (C=O) groups is 4. The molecule has 2 aromatic carbocycles. The number of piperidine rings is 1. The summed E-state index contributed by atoms with van der Waals surface area (Å²) in [5.74, 6) is -0.309. The number of nitrogens with one attached hydrogen (secondary N) is 1. The van der Waals surface area contributed by atoms with E-state index in [1.165, 1.54) is 49.7 Å². The number of hydrogen-bond acceptors (Lipinski definition) is 5. The molecule has 2 amide bonds. The van der Waals surface area contributed by atoms with Gasteiger partial charge < -0.3 is 20.2 Å². The summed E-state index contributed by atoms with van der Waals surface area (Å²) in [6, 6.07) is 17.4. The Balaban J connectivity index is 0.000000339. The second-order valence-electron chi connectivity index (χ2n) is 12.0. The Bertz CT molecular complexity index is 1190. The molecule has 3 rings (SSSR count). The Kier molecular flexibility index (Phi) is 17.6. The molecule has 1 unspecified atom stereocenters. The van der Waals surface area contributed by atoms with Crippen molar-refractivity contribution in [2.24, 2.45) is 11.8 Å². The van der Waals surface area contributed by atoms with Gasteiger partial charge in [-0.3, -0.25) is 14.4 Å². The third kappa shape index (κ3) is 13.7. The molecule has 1 saturated heterocycles. The van der Waals surface area contributed by atoms with Crippen molar-refractivity contribution < 1.29 is 24.3 Å². The highest BCUT2D eigenvalue weighted by atomic mass is 16.4. The normalized spacial score (nSPS) is 14.7. The maximum absolute atomic E-state index is 12.0. The molecule has 2 aromatic rings. The summed E-state index contributed by atoms with van der Waals surface area (Å²) in [6.45, 7) is 16.9. The van der Waals surface area contributed by atoms with Crippen LogP contribution in [0.3, 0.4) is 0 Å². The van der Waals surface area contributed by atoms with E-state index in [0.717, 1.165) is 23.1 Å². The van der Waals surface area contributed by atoms with Crippen molar-refractivity contribution in [2.45, 2.75) is 79.8 Å². The largest absolute Gasteiger partial charge is 0.478 e. The quantitative estimate of drug-likeness (QED) is 0.185. The van der Waals surface area contributed by atoms with Gasteiger partial charge in [-0.1, -0.05) is 100 Å². The minimum absolute atomic E-state index is 0.0736. The topological polar surface area (TPSA) is 107 Å². The Morgan fingerprint density at radius 1 is 0.886 bits per heavy atom. The number of carboxylic acid groups (broad SMARTS) is 1. The molecular formula is C36H53N3O5. The van der Waals surface area contributed by atoms with Crippen LogP contribution in [0, 0.1) is 18.8 Å². The first kappa shape index (κ1) is 38.2. The van der Waals surface area contributed by atoms with E-state index < -0.39 is 5.97 Å². The maximum Gasteiger partial charge on any atom is 0.331 e. The molecule has 1 aliphatic heterocycles. The third-order valence-corrected chi connectivity index (χ3v) is 7.90. The van der Waals surface area contributed by atoms with Gasteiger partial charge in [-0.05, 0) is 58.5 Å². The van der Waals surface area contributed by atoms with Crippen LogP contribution >= 0.6 is 0 Å². The van der Waals surface area contributed by atoms with E-state index in [9.17, 15) is 19.2 Å². The van der Waals surface area contributed by atoms with E-state index in [1.54, 1.807) is 13.1 Å². The Labute approximate surface area is 264 Å². The van der Waals surface area contributed by atoms with Crippen molar-refractivity contribution >= 4 is 24.1 Å². The number of carboxylic acids is 1. The fourth-order valence-electron chi connectivity index (χ4n) is 4.71. The molecule has 0 radical (unpaired) electrons. The van der Waals surface area contributed by atoms with E-state index in [1.807, 2.05) is 75.4 Å². The summed E-state index contributed by atoms with van der Waals surface area (Å²) in [5, 5.41) is 11.1. The molecular weight excluding hydrogens is 554 g/mol. The molecule has 8 nitrogen and oxygen atoms in total. The molecule has 0 aliphatic carbocycles. The number of carbonyl (C=O) groups excluding carboxylic acids is 3. The SMILES string of the molecule is C/C(=C\[C@H](C(C)C)N(C)C(=O)CNC=O)C(=O)O.CC(C)C(C)N1CCCCC1.Cc1ccc(C(=O)c2ccccc2)cc1. The first-order chi connectivity index (χ1) is 20.8. The number of benzene rings is 2. The van der Waals surface area contributed by atoms with Gasteiger partial charge in [0.05, 0.1) is 12.6 Å². The summed E-state index contributed by atoms with van der Waals surface area (Å²) >= 11 is 0. The predicted octanol–water partition coefficient (Wildman–Crippen LogP) is 5.99. The van der Waals surface area contributed by atoms with E-state index in [-0.39, 0.29) is 35.8 Å². The average molecular weight is 608 g/mol. The highest BCUT2D eigenvalue weighted by Gasteiger charge is 2.22. The maximum atomic E-state index is 12.0. The number of aryl methyl sites for hydroxylation is 1. The molecule has 1 fully saturated rings. The van der Waals surface area contributed by atoms with Gasteiger partial charge in [0.2, 0.25) is 12.3 Å². The zero-order valence-electron chi connectivity index (χ0n) is 27.9. The van der Waals surface area contributed by atoms with Crippen LogP contribution in [0.15, 0.2) is 66.2 Å². The van der Waals surface area contributed by atoms with Gasteiger partial charge in [-0.25, -0.2) is 4.79 Å². The molecule has 0 bridgehead atoms. The van der Waals surface area contributed by atoms with Gasteiger partial charge in [0.25, 0.3) is 0 Å². The molecule has 0 saturated carbocycles. The fraction of sp³-hybridized carbons (Fsp3) is 0.500. The Hall–Kier alpha value is -3.78. The predicted molar refractivity (Wildman–Crippen MR) is 178 cm³/mol. The minimum atomic E-state index is -1.01. The zero-order valence-corrected chi connectivity index (χ0v) is 27.9. The van der Waals surface area contributed by atoms with Crippen LogP contribution in [0.4, 0.5) is 0 Å². The number of hydrogen-bond donors (Lipinski definition) is 2. The van der Waals surface area contributed by atoms with E-state index in [0.29, 0.717) is 6.41 Å². The van der Waals surface area contributed by atoms with Gasteiger partial charge in [-0.15, -0.1) is 0 Å². The van der Waals surface area contributed by atoms with Gasteiger partial charge in [0, 0.05) is 29.8 Å². The van der Waals surface area contributed by atoms with E-state index in [2.05, 4.69) is 31.0 Å². The molecule has 2 N–H and O–H groups in total. The van der Waals surface area contributed by atoms with Crippen LogP contribution < -0.4 is 5.32 Å². The molecule has 2 atom stereocenters. The highest BCUT2D eigenvalue weighted by molar-refractivity contribution is 6.08. The number of likely N-dealkylation sites (N-methyl/N-ethyl adjacent to an activating group) is 1. The van der Waals surface area contributed by atoms with Crippen molar-refractivity contribution in [3.63, 3.8) is 0 Å². The fourth-order valence-corrected chi connectivity index (χ4v) is 4.71. The molecule has 242 valence electrons. The van der Waals surface area contributed by atoms with Crippen molar-refractivity contribution in [3.8, 4) is 0 Å². The Morgan fingerprint density at radius 3 is 1.91 bits per heavy atom. The van der Waals surface area contributed by atoms with Crippen molar-refractivity contribution in [1.29, 1.82) is 0 Å². The van der Waals surface area contributed by atoms with Crippen LogP contribution in [-0.4, -0.2) is 77.7 Å². The van der Waals surface area contributed by atoms with E-state index in [4.69, 9.17) is 5.11 Å². The number of rotatable bonds is 11. The van der Waals surface area contributed by atoms with Gasteiger partial charge in [0.1, 0.15) is 0 Å². The number of likely N-dealkylation sites (tertiary alicyclic amines) is 1. The lowest BCUT2D eigenvalue weighted by Crippen LogP contribution is -2.43. The van der Waals surface area contributed by atoms with Crippen LogP contribution in [-0.2, 0) is 14.4 Å². The Morgan fingerprint density at radius 2 is 1.43 bits per heavy atom. The summed E-state index contributed by atoms with van der Waals surface area (Å²) in [6.07, 6.45) is 6.27. The van der Waals surface area contributed by atoms with Crippen LogP contribution in [0.5, 0.6) is 0 Å². The van der Waals surface area contributed by atoms with Crippen LogP contribution in [0.2, 0.25) is 0 Å². The molecule has 8 heteroatoms. The minimum Gasteiger partial charge on any atom is -0.478 e. The zero-order chi connectivity index (χ0) is 33.2. The standard InChI is InChI=1S/C14H12O.C12H20N2O4.C10H21N/c1-11-7-9-13(10-8-11)14(15)12-5-3-2-4-6-12;1-8(2)10(5-9(3)12(17)18)14(4)11(16)6-13-7-15;1-9(2)10(3)11-7-5-4-6-8-11/h2-10H,1H3;5,7-8,10H,6H2,1-4H3,(H,13,15)(H,17,18);9-10H,4-8H2,1-3H3/b;9-5+;/t;10-;/m.1./s1. The second kappa shape index (κ2) is 20.2. The third-order valence-electron chi connectivity index (χ3n) is 7.90. The lowest BCUT2D eigenvalue weighted by molar-refractivity contribution is -0.133. The summed E-state index contributed by atoms with van der Waals surface area (Å²) in [7, 11) is 1.59. The first-order valence-electron chi connectivity index (χ1n) is 15.5. The number of nitrogens with zero attached hydrogens (tertiary/aromatic N) is 2. The van der Waals surface area contributed by atoms with Gasteiger partial charge in [0.15, 0.2) is 5.78 Å². The second-order valence-corrected chi connectivity index (χ2v) is 12.0. The lowest BCUT2D eigenvalue weighted by Gasteiger charge is -2.34. The van der Waals surface area contributed by atoms with Crippen LogP contribution in [0.1, 0.15) is 82.3 Å². The highest BCUT2D eigenvalue weighted by Crippen LogP contribution is 2.17. The van der Waals surface area contributed by atoms with Crippen molar-refractivity contribution in [2.75, 3.05) is 26.7 Å². The summed E-state index contributed by atoms with van der Waals surface area (Å²) in [4.78, 5) is 48.7. The van der Waals surface area contributed by atoms with Crippen molar-refractivity contribution in [3.05, 3.63) is 82.9 Å². The summed E-state index contributed by atoms with van der Waals surface area (Å²) in [5.41, 5.74) is 2.84. The number of amides is 2. The monoisotopic (exact) mass is 607 g/mol. The number of aliphatic carboxylic acids is 1. The molecule has 0 spiro atoms. The molecule has 44 heavy (non-hydrogen) atoms. The first-order valence-corrected chi connectivity index (χ1v) is 15.5. The average Bonchev–Trinajstić information content (AvgIpc) is 3.02. The molecule has 1 heterocycles. The smallest absolute Gasteiger partial charge is 0.331 e. The van der Waals surface area contributed by atoms with Gasteiger partial charge in [-0.2, -0.15) is 0 Å². The van der Waals surface area contributed by atoms with E-state index >= 15 is 0 Å². The molecule has 0 aromatic heterocycles. The molecule has 1 aliphatic rings. The lowest BCUT2D eigenvalue weighted by atomic mass is 10.00. The van der Waals surface area contributed by atoms with Crippen LogP contribution in [0.25, 0.3) is 0 Å².